The van der Waals surface area contributed by atoms with Crippen LogP contribution in [0.15, 0.2) is 5.38 Å². The Hall–Kier alpha value is -1.68. The van der Waals surface area contributed by atoms with Crippen molar-refractivity contribution in [3.8, 4) is 0 Å². The molecule has 2 amide bonds. The molecule has 10 heteroatoms. The second kappa shape index (κ2) is 8.14. The molecular formula is C17H23F3N4O2S. The van der Waals surface area contributed by atoms with Gasteiger partial charge in [0.25, 0.3) is 0 Å². The molecule has 0 radical (unpaired) electrons. The van der Waals surface area contributed by atoms with Crippen molar-refractivity contribution in [2.45, 2.75) is 32.5 Å². The van der Waals surface area contributed by atoms with Crippen LogP contribution < -0.4 is 0 Å². The standard InChI is InChI=1S/C17H23F3N4O2S/c1-2-14-21-13(10-27-14)9-22-3-5-23(6-4-22)16(26)12-7-15(25)24(8-12)11-17(18,19)20/h10,12H,2-9,11H2,1H3. The molecular weight excluding hydrogens is 381 g/mol. The molecule has 0 saturated carbocycles. The normalized spacial score (nSPS) is 21.9. The molecule has 2 aliphatic rings. The molecule has 1 aromatic rings. The van der Waals surface area contributed by atoms with Gasteiger partial charge in [0.2, 0.25) is 11.8 Å². The molecule has 0 spiro atoms. The lowest BCUT2D eigenvalue weighted by Gasteiger charge is -2.35. The highest BCUT2D eigenvalue weighted by Gasteiger charge is 2.42. The summed E-state index contributed by atoms with van der Waals surface area (Å²) in [5, 5.41) is 3.16. The van der Waals surface area contributed by atoms with Crippen molar-refractivity contribution < 1.29 is 22.8 Å². The fourth-order valence-electron chi connectivity index (χ4n) is 3.50. The molecule has 2 fully saturated rings. The zero-order valence-electron chi connectivity index (χ0n) is 15.2. The Morgan fingerprint density at radius 3 is 2.59 bits per heavy atom. The maximum absolute atomic E-state index is 12.6. The van der Waals surface area contributed by atoms with E-state index in [4.69, 9.17) is 0 Å². The van der Waals surface area contributed by atoms with Crippen LogP contribution in [0.3, 0.4) is 0 Å². The fourth-order valence-corrected chi connectivity index (χ4v) is 4.24. The number of hydrogen-bond donors (Lipinski definition) is 0. The Bertz CT molecular complexity index is 686. The number of likely N-dealkylation sites (tertiary alicyclic amines) is 1. The van der Waals surface area contributed by atoms with Crippen LogP contribution in [0, 0.1) is 5.92 Å². The Balaban J connectivity index is 1.48. The number of nitrogens with zero attached hydrogens (tertiary/aromatic N) is 4. The molecule has 0 aliphatic carbocycles. The Morgan fingerprint density at radius 2 is 2.00 bits per heavy atom. The summed E-state index contributed by atoms with van der Waals surface area (Å²) in [7, 11) is 0. The monoisotopic (exact) mass is 404 g/mol. The minimum atomic E-state index is -4.44. The van der Waals surface area contributed by atoms with Crippen LogP contribution in [0.4, 0.5) is 13.2 Å². The molecule has 6 nitrogen and oxygen atoms in total. The summed E-state index contributed by atoms with van der Waals surface area (Å²) in [4.78, 5) is 33.6. The van der Waals surface area contributed by atoms with Crippen LogP contribution in [0.2, 0.25) is 0 Å². The molecule has 3 rings (SSSR count). The summed E-state index contributed by atoms with van der Waals surface area (Å²) in [5.74, 6) is -1.48. The van der Waals surface area contributed by atoms with Gasteiger partial charge >= 0.3 is 6.18 Å². The van der Waals surface area contributed by atoms with Crippen LogP contribution in [-0.2, 0) is 22.6 Å². The van der Waals surface area contributed by atoms with E-state index in [9.17, 15) is 22.8 Å². The lowest BCUT2D eigenvalue weighted by atomic mass is 10.1. The smallest absolute Gasteiger partial charge is 0.340 e. The van der Waals surface area contributed by atoms with Crippen molar-refractivity contribution in [3.05, 3.63) is 16.1 Å². The van der Waals surface area contributed by atoms with Gasteiger partial charge in [-0.05, 0) is 6.42 Å². The molecule has 0 bridgehead atoms. The second-order valence-corrected chi connectivity index (χ2v) is 7.92. The van der Waals surface area contributed by atoms with Crippen molar-refractivity contribution in [3.63, 3.8) is 0 Å². The number of aryl methyl sites for hydroxylation is 1. The van der Waals surface area contributed by atoms with Crippen molar-refractivity contribution in [1.29, 1.82) is 0 Å². The van der Waals surface area contributed by atoms with Crippen molar-refractivity contribution in [2.75, 3.05) is 39.3 Å². The average Bonchev–Trinajstić information content (AvgIpc) is 3.20. The molecule has 2 aliphatic heterocycles. The molecule has 1 unspecified atom stereocenters. The van der Waals surface area contributed by atoms with Gasteiger partial charge in [0.05, 0.1) is 16.6 Å². The van der Waals surface area contributed by atoms with Gasteiger partial charge in [0.15, 0.2) is 0 Å². The van der Waals surface area contributed by atoms with Crippen molar-refractivity contribution in [1.82, 2.24) is 19.7 Å². The first kappa shape index (κ1) is 20.1. The summed E-state index contributed by atoms with van der Waals surface area (Å²) in [6, 6.07) is 0. The Morgan fingerprint density at radius 1 is 1.30 bits per heavy atom. The number of aromatic nitrogens is 1. The van der Waals surface area contributed by atoms with Gasteiger partial charge in [-0.1, -0.05) is 6.92 Å². The van der Waals surface area contributed by atoms with Gasteiger partial charge in [-0.2, -0.15) is 13.2 Å². The topological polar surface area (TPSA) is 56.8 Å². The number of rotatable bonds is 5. The van der Waals surface area contributed by atoms with Crippen LogP contribution in [0.1, 0.15) is 24.0 Å². The van der Waals surface area contributed by atoms with Crippen LogP contribution in [0.5, 0.6) is 0 Å². The summed E-state index contributed by atoms with van der Waals surface area (Å²) >= 11 is 1.65. The van der Waals surface area contributed by atoms with Gasteiger partial charge in [0.1, 0.15) is 6.54 Å². The highest BCUT2D eigenvalue weighted by molar-refractivity contribution is 7.09. The minimum Gasteiger partial charge on any atom is -0.340 e. The lowest BCUT2D eigenvalue weighted by molar-refractivity contribution is -0.157. The Labute approximate surface area is 159 Å². The van der Waals surface area contributed by atoms with Gasteiger partial charge in [-0.15, -0.1) is 11.3 Å². The highest BCUT2D eigenvalue weighted by Crippen LogP contribution is 2.25. The van der Waals surface area contributed by atoms with E-state index in [1.54, 1.807) is 16.2 Å². The molecule has 0 aromatic carbocycles. The highest BCUT2D eigenvalue weighted by atomic mass is 32.1. The van der Waals surface area contributed by atoms with Gasteiger partial charge in [0, 0.05) is 51.1 Å². The third kappa shape index (κ3) is 5.19. The average molecular weight is 404 g/mol. The van der Waals surface area contributed by atoms with E-state index in [1.165, 1.54) is 0 Å². The maximum Gasteiger partial charge on any atom is 0.406 e. The largest absolute Gasteiger partial charge is 0.406 e. The summed E-state index contributed by atoms with van der Waals surface area (Å²) in [5.41, 5.74) is 1.03. The van der Waals surface area contributed by atoms with E-state index in [2.05, 4.69) is 22.2 Å². The number of hydrogen-bond acceptors (Lipinski definition) is 5. The first-order chi connectivity index (χ1) is 12.7. The summed E-state index contributed by atoms with van der Waals surface area (Å²) in [6.07, 6.45) is -3.65. The first-order valence-electron chi connectivity index (χ1n) is 9.04. The van der Waals surface area contributed by atoms with E-state index in [0.717, 1.165) is 28.6 Å². The van der Waals surface area contributed by atoms with E-state index in [1.807, 2.05) is 0 Å². The SMILES string of the molecule is CCc1nc(CN2CCN(C(=O)C3CC(=O)N(CC(F)(F)F)C3)CC2)cs1. The van der Waals surface area contributed by atoms with Crippen molar-refractivity contribution >= 4 is 23.2 Å². The first-order valence-corrected chi connectivity index (χ1v) is 9.92. The molecule has 1 aromatic heterocycles. The maximum atomic E-state index is 12.6. The third-order valence-corrected chi connectivity index (χ3v) is 5.95. The number of halogens is 3. The summed E-state index contributed by atoms with van der Waals surface area (Å²) in [6.45, 7) is 3.81. The number of alkyl halides is 3. The van der Waals surface area contributed by atoms with E-state index in [-0.39, 0.29) is 18.9 Å². The molecule has 150 valence electrons. The van der Waals surface area contributed by atoms with Crippen LogP contribution in [0.25, 0.3) is 0 Å². The zero-order chi connectivity index (χ0) is 19.6. The van der Waals surface area contributed by atoms with Gasteiger partial charge in [-0.3, -0.25) is 14.5 Å². The lowest BCUT2D eigenvalue weighted by Crippen LogP contribution is -2.50. The minimum absolute atomic E-state index is 0.131. The van der Waals surface area contributed by atoms with Gasteiger partial charge in [-0.25, -0.2) is 4.98 Å². The predicted octanol–water partition coefficient (Wildman–Crippen LogP) is 1.76. The van der Waals surface area contributed by atoms with E-state index < -0.39 is 24.5 Å². The molecule has 2 saturated heterocycles. The number of carbonyl (C=O) groups is 2. The molecule has 27 heavy (non-hydrogen) atoms. The second-order valence-electron chi connectivity index (χ2n) is 6.98. The number of carbonyl (C=O) groups excluding carboxylic acids is 2. The van der Waals surface area contributed by atoms with E-state index in [0.29, 0.717) is 26.2 Å². The summed E-state index contributed by atoms with van der Waals surface area (Å²) < 4.78 is 37.5. The van der Waals surface area contributed by atoms with E-state index >= 15 is 0 Å². The van der Waals surface area contributed by atoms with Crippen molar-refractivity contribution in [2.24, 2.45) is 5.92 Å². The number of piperazine rings is 1. The van der Waals surface area contributed by atoms with Crippen LogP contribution in [-0.4, -0.2) is 76.9 Å². The van der Waals surface area contributed by atoms with Gasteiger partial charge < -0.3 is 9.80 Å². The Kier molecular flexibility index (Phi) is 6.05. The number of amides is 2. The number of thiazole rings is 1. The predicted molar refractivity (Wildman–Crippen MR) is 94.1 cm³/mol. The molecule has 1 atom stereocenters. The molecule has 3 heterocycles. The van der Waals surface area contributed by atoms with Crippen LogP contribution >= 0.6 is 11.3 Å². The third-order valence-electron chi connectivity index (χ3n) is 4.91. The fraction of sp³-hybridized carbons (Fsp3) is 0.706. The quantitative estimate of drug-likeness (QED) is 0.751. The zero-order valence-corrected chi connectivity index (χ0v) is 16.0. The molecule has 0 N–H and O–H groups in total.